The number of anilines is 1. The van der Waals surface area contributed by atoms with E-state index in [0.717, 1.165) is 25.1 Å². The molecule has 0 spiro atoms. The number of amides is 1. The molecular weight excluding hydrogens is 309 g/mol. The lowest BCUT2D eigenvalue weighted by molar-refractivity contribution is -0.119. The third kappa shape index (κ3) is 3.25. The maximum absolute atomic E-state index is 14.3. The SMILES string of the molecule is CC(=O)NCc1ccc(C2CCCN2c2ccc(C#N)cc2F)o1. The van der Waals surface area contributed by atoms with Crippen molar-refractivity contribution in [2.45, 2.75) is 32.4 Å². The lowest BCUT2D eigenvalue weighted by Gasteiger charge is -2.25. The molecule has 1 N–H and O–H groups in total. The smallest absolute Gasteiger partial charge is 0.217 e. The van der Waals surface area contributed by atoms with Gasteiger partial charge in [0.25, 0.3) is 0 Å². The van der Waals surface area contributed by atoms with Gasteiger partial charge in [-0.05, 0) is 43.2 Å². The predicted molar refractivity (Wildman–Crippen MR) is 86.7 cm³/mol. The van der Waals surface area contributed by atoms with Crippen molar-refractivity contribution < 1.29 is 13.6 Å². The minimum absolute atomic E-state index is 0.0430. The fraction of sp³-hybridized carbons (Fsp3) is 0.333. The van der Waals surface area contributed by atoms with E-state index >= 15 is 0 Å². The average molecular weight is 327 g/mol. The monoisotopic (exact) mass is 327 g/mol. The molecule has 1 saturated heterocycles. The standard InChI is InChI=1S/C18H18FN3O2/c1-12(23)21-11-14-5-7-18(24-14)17-3-2-8-22(17)16-6-4-13(10-20)9-15(16)19/h4-7,9,17H,2-3,8,11H2,1H3,(H,21,23). The zero-order valence-electron chi connectivity index (χ0n) is 13.4. The Morgan fingerprint density at radius 2 is 2.29 bits per heavy atom. The molecule has 1 amide bonds. The maximum Gasteiger partial charge on any atom is 0.217 e. The van der Waals surface area contributed by atoms with Crippen molar-refractivity contribution in [3.05, 3.63) is 53.2 Å². The van der Waals surface area contributed by atoms with E-state index in [1.807, 2.05) is 23.1 Å². The van der Waals surface area contributed by atoms with Crippen LogP contribution in [-0.4, -0.2) is 12.5 Å². The summed E-state index contributed by atoms with van der Waals surface area (Å²) in [5, 5.41) is 11.6. The molecule has 6 heteroatoms. The number of nitrogens with zero attached hydrogens (tertiary/aromatic N) is 2. The summed E-state index contributed by atoms with van der Waals surface area (Å²) in [4.78, 5) is 13.0. The normalized spacial score (nSPS) is 16.9. The van der Waals surface area contributed by atoms with Crippen molar-refractivity contribution in [2.24, 2.45) is 0 Å². The van der Waals surface area contributed by atoms with Crippen LogP contribution < -0.4 is 10.2 Å². The van der Waals surface area contributed by atoms with Crippen molar-refractivity contribution in [3.63, 3.8) is 0 Å². The number of carbonyl (C=O) groups is 1. The Morgan fingerprint density at radius 1 is 1.46 bits per heavy atom. The van der Waals surface area contributed by atoms with Crippen LogP contribution in [0.25, 0.3) is 0 Å². The fourth-order valence-electron chi connectivity index (χ4n) is 3.04. The second-order valence-electron chi connectivity index (χ2n) is 5.84. The molecule has 3 rings (SSSR count). The summed E-state index contributed by atoms with van der Waals surface area (Å²) < 4.78 is 20.1. The predicted octanol–water partition coefficient (Wildman–Crippen LogP) is 3.27. The van der Waals surface area contributed by atoms with Crippen molar-refractivity contribution in [1.29, 1.82) is 5.26 Å². The summed E-state index contributed by atoms with van der Waals surface area (Å²) in [6.45, 7) is 2.53. The molecule has 0 saturated carbocycles. The number of halogens is 1. The Bertz CT molecular complexity index is 794. The van der Waals surface area contributed by atoms with Crippen molar-refractivity contribution in [2.75, 3.05) is 11.4 Å². The zero-order chi connectivity index (χ0) is 17.1. The van der Waals surface area contributed by atoms with Gasteiger partial charge in [0.2, 0.25) is 5.91 Å². The fourth-order valence-corrected chi connectivity index (χ4v) is 3.04. The summed E-state index contributed by atoms with van der Waals surface area (Å²) in [5.74, 6) is 0.921. The molecule has 0 aliphatic carbocycles. The lowest BCUT2D eigenvalue weighted by Crippen LogP contribution is -2.23. The molecule has 2 heterocycles. The van der Waals surface area contributed by atoms with Crippen LogP contribution in [0.5, 0.6) is 0 Å². The number of hydrogen-bond donors (Lipinski definition) is 1. The molecule has 1 aromatic carbocycles. The minimum Gasteiger partial charge on any atom is -0.462 e. The van der Waals surface area contributed by atoms with E-state index in [1.54, 1.807) is 12.1 Å². The second kappa shape index (κ2) is 6.75. The first-order valence-corrected chi connectivity index (χ1v) is 7.88. The average Bonchev–Trinajstić information content (AvgIpc) is 3.21. The Morgan fingerprint density at radius 3 is 3.00 bits per heavy atom. The highest BCUT2D eigenvalue weighted by Gasteiger charge is 2.30. The van der Waals surface area contributed by atoms with Crippen molar-refractivity contribution in [3.8, 4) is 6.07 Å². The van der Waals surface area contributed by atoms with Crippen LogP contribution in [0.15, 0.2) is 34.7 Å². The van der Waals surface area contributed by atoms with Crippen LogP contribution in [0.1, 0.15) is 42.9 Å². The molecule has 1 unspecified atom stereocenters. The molecule has 1 fully saturated rings. The highest BCUT2D eigenvalue weighted by Crippen LogP contribution is 2.38. The van der Waals surface area contributed by atoms with Gasteiger partial charge >= 0.3 is 0 Å². The van der Waals surface area contributed by atoms with Gasteiger partial charge in [-0.3, -0.25) is 4.79 Å². The maximum atomic E-state index is 14.3. The van der Waals surface area contributed by atoms with Gasteiger partial charge in [-0.2, -0.15) is 5.26 Å². The summed E-state index contributed by atoms with van der Waals surface area (Å²) in [5.41, 5.74) is 0.791. The summed E-state index contributed by atoms with van der Waals surface area (Å²) in [6, 6.07) is 10.1. The van der Waals surface area contributed by atoms with E-state index in [4.69, 9.17) is 9.68 Å². The molecular formula is C18H18FN3O2. The number of nitriles is 1. The van der Waals surface area contributed by atoms with Gasteiger partial charge in [-0.15, -0.1) is 0 Å². The van der Waals surface area contributed by atoms with E-state index in [9.17, 15) is 9.18 Å². The number of rotatable bonds is 4. The van der Waals surface area contributed by atoms with E-state index in [-0.39, 0.29) is 11.9 Å². The number of carbonyl (C=O) groups excluding carboxylic acids is 1. The lowest BCUT2D eigenvalue weighted by atomic mass is 10.1. The van der Waals surface area contributed by atoms with E-state index in [2.05, 4.69) is 5.32 Å². The molecule has 1 aliphatic heterocycles. The Hall–Kier alpha value is -2.81. The molecule has 2 aromatic rings. The first kappa shape index (κ1) is 16.1. The van der Waals surface area contributed by atoms with Crippen LogP contribution in [0.4, 0.5) is 10.1 Å². The molecule has 0 radical (unpaired) electrons. The van der Waals surface area contributed by atoms with E-state index in [1.165, 1.54) is 13.0 Å². The number of benzene rings is 1. The van der Waals surface area contributed by atoms with E-state index in [0.29, 0.717) is 23.6 Å². The first-order chi connectivity index (χ1) is 11.6. The quantitative estimate of drug-likeness (QED) is 0.936. The van der Waals surface area contributed by atoms with Gasteiger partial charge in [0.1, 0.15) is 17.3 Å². The van der Waals surface area contributed by atoms with Crippen LogP contribution in [-0.2, 0) is 11.3 Å². The second-order valence-corrected chi connectivity index (χ2v) is 5.84. The largest absolute Gasteiger partial charge is 0.462 e. The molecule has 24 heavy (non-hydrogen) atoms. The van der Waals surface area contributed by atoms with Gasteiger partial charge in [-0.1, -0.05) is 0 Å². The Kier molecular flexibility index (Phi) is 4.52. The Labute approximate surface area is 139 Å². The van der Waals surface area contributed by atoms with Crippen LogP contribution in [0.2, 0.25) is 0 Å². The van der Waals surface area contributed by atoms with Gasteiger partial charge in [0.15, 0.2) is 0 Å². The third-order valence-corrected chi connectivity index (χ3v) is 4.16. The number of hydrogen-bond acceptors (Lipinski definition) is 4. The summed E-state index contributed by atoms with van der Waals surface area (Å²) in [7, 11) is 0. The molecule has 0 bridgehead atoms. The highest BCUT2D eigenvalue weighted by atomic mass is 19.1. The topological polar surface area (TPSA) is 69.3 Å². The van der Waals surface area contributed by atoms with Crippen LogP contribution in [0, 0.1) is 17.1 Å². The molecule has 124 valence electrons. The minimum atomic E-state index is -0.397. The Balaban J connectivity index is 1.81. The summed E-state index contributed by atoms with van der Waals surface area (Å²) >= 11 is 0. The molecule has 1 aliphatic rings. The van der Waals surface area contributed by atoms with Gasteiger partial charge in [0.05, 0.1) is 29.9 Å². The highest BCUT2D eigenvalue weighted by molar-refractivity contribution is 5.72. The van der Waals surface area contributed by atoms with Crippen LogP contribution >= 0.6 is 0 Å². The molecule has 1 atom stereocenters. The number of nitrogens with one attached hydrogen (secondary N) is 1. The van der Waals surface area contributed by atoms with Crippen molar-refractivity contribution in [1.82, 2.24) is 5.32 Å². The van der Waals surface area contributed by atoms with Crippen LogP contribution in [0.3, 0.4) is 0 Å². The van der Waals surface area contributed by atoms with Gasteiger partial charge in [0, 0.05) is 13.5 Å². The zero-order valence-corrected chi connectivity index (χ0v) is 13.4. The third-order valence-electron chi connectivity index (χ3n) is 4.16. The van der Waals surface area contributed by atoms with Crippen molar-refractivity contribution >= 4 is 11.6 Å². The van der Waals surface area contributed by atoms with E-state index < -0.39 is 5.82 Å². The molecule has 1 aromatic heterocycles. The number of furan rings is 1. The molecule has 5 nitrogen and oxygen atoms in total. The first-order valence-electron chi connectivity index (χ1n) is 7.88. The van der Waals surface area contributed by atoms with Gasteiger partial charge < -0.3 is 14.6 Å². The summed E-state index contributed by atoms with van der Waals surface area (Å²) in [6.07, 6.45) is 1.80. The van der Waals surface area contributed by atoms with Gasteiger partial charge in [-0.25, -0.2) is 4.39 Å².